The maximum atomic E-state index is 12.9. The van der Waals surface area contributed by atoms with Gasteiger partial charge in [-0.2, -0.15) is 13.2 Å². The van der Waals surface area contributed by atoms with Gasteiger partial charge in [0.25, 0.3) is 9.84 Å². The van der Waals surface area contributed by atoms with E-state index in [0.29, 0.717) is 24.2 Å². The minimum Gasteiger partial charge on any atom is -0.380 e. The highest BCUT2D eigenvalue weighted by atomic mass is 32.2. The summed E-state index contributed by atoms with van der Waals surface area (Å²) < 4.78 is 87.5. The summed E-state index contributed by atoms with van der Waals surface area (Å²) in [4.78, 5) is -0.860. The van der Waals surface area contributed by atoms with Gasteiger partial charge in [-0.1, -0.05) is 24.3 Å². The van der Waals surface area contributed by atoms with Crippen molar-refractivity contribution in [3.8, 4) is 0 Å². The highest BCUT2D eigenvalue weighted by Crippen LogP contribution is 2.34. The highest BCUT2D eigenvalue weighted by molar-refractivity contribution is 7.93. The van der Waals surface area contributed by atoms with Gasteiger partial charge in [0, 0.05) is 13.1 Å². The van der Waals surface area contributed by atoms with Crippen molar-refractivity contribution in [2.45, 2.75) is 23.4 Å². The summed E-state index contributed by atoms with van der Waals surface area (Å²) in [7, 11) is -8.86. The van der Waals surface area contributed by atoms with Gasteiger partial charge in [0.2, 0.25) is 10.0 Å². The van der Waals surface area contributed by atoms with Crippen LogP contribution in [0.25, 0.3) is 0 Å². The number of sulfonamides is 1. The number of alkyl halides is 3. The summed E-state index contributed by atoms with van der Waals surface area (Å²) in [6, 6.07) is 11.3. The molecule has 0 aromatic heterocycles. The molecule has 0 radical (unpaired) electrons. The fraction of sp³-hybridized carbons (Fsp3) is 0.294. The maximum Gasteiger partial charge on any atom is 0.501 e. The Morgan fingerprint density at radius 2 is 1.79 bits per heavy atom. The smallest absolute Gasteiger partial charge is 0.380 e. The van der Waals surface area contributed by atoms with Crippen LogP contribution in [0, 0.1) is 0 Å². The quantitative estimate of drug-likeness (QED) is 0.782. The van der Waals surface area contributed by atoms with E-state index in [9.17, 15) is 30.0 Å². The van der Waals surface area contributed by atoms with Gasteiger partial charge in [0.1, 0.15) is 0 Å². The minimum atomic E-state index is -5.50. The number of benzene rings is 2. The van der Waals surface area contributed by atoms with E-state index in [0.717, 1.165) is 6.07 Å². The maximum absolute atomic E-state index is 12.9. The van der Waals surface area contributed by atoms with Gasteiger partial charge in [-0.15, -0.1) is 0 Å². The van der Waals surface area contributed by atoms with Crippen LogP contribution in [-0.2, 0) is 26.4 Å². The van der Waals surface area contributed by atoms with Crippen LogP contribution < -0.4 is 9.62 Å². The zero-order valence-electron chi connectivity index (χ0n) is 14.5. The molecule has 0 aliphatic carbocycles. The Balaban J connectivity index is 1.84. The molecule has 0 spiro atoms. The van der Waals surface area contributed by atoms with E-state index in [1.54, 1.807) is 24.3 Å². The fourth-order valence-corrected chi connectivity index (χ4v) is 5.41. The molecule has 11 heteroatoms. The third-order valence-corrected chi connectivity index (χ3v) is 7.68. The molecule has 28 heavy (non-hydrogen) atoms. The number of sulfone groups is 1. The van der Waals surface area contributed by atoms with Crippen molar-refractivity contribution in [1.82, 2.24) is 0 Å². The van der Waals surface area contributed by atoms with Crippen molar-refractivity contribution in [3.05, 3.63) is 54.1 Å². The van der Waals surface area contributed by atoms with Crippen molar-refractivity contribution in [1.29, 1.82) is 0 Å². The first-order chi connectivity index (χ1) is 13.0. The van der Waals surface area contributed by atoms with Gasteiger partial charge in [0.05, 0.1) is 22.0 Å². The Morgan fingerprint density at radius 3 is 2.43 bits per heavy atom. The lowest BCUT2D eigenvalue weighted by Crippen LogP contribution is -2.25. The molecule has 0 atom stereocenters. The van der Waals surface area contributed by atoms with Crippen LogP contribution in [0.15, 0.2) is 53.4 Å². The van der Waals surface area contributed by atoms with E-state index in [4.69, 9.17) is 0 Å². The predicted molar refractivity (Wildman–Crippen MR) is 99.2 cm³/mol. The van der Waals surface area contributed by atoms with E-state index < -0.39 is 30.3 Å². The number of para-hydroxylation sites is 1. The molecule has 1 saturated heterocycles. The van der Waals surface area contributed by atoms with Gasteiger partial charge in [0.15, 0.2) is 0 Å². The monoisotopic (exact) mass is 434 g/mol. The number of nitrogens with one attached hydrogen (secondary N) is 1. The highest BCUT2D eigenvalue weighted by Gasteiger charge is 2.47. The average Bonchev–Trinajstić information content (AvgIpc) is 2.98. The SMILES string of the molecule is O=S1(=O)CCCN1c1cccc(CNc2ccccc2S(=O)(=O)C(F)(F)F)c1. The van der Waals surface area contributed by atoms with Gasteiger partial charge in [-0.3, -0.25) is 4.31 Å². The van der Waals surface area contributed by atoms with Gasteiger partial charge in [-0.05, 0) is 36.2 Å². The molecule has 0 amide bonds. The standard InChI is InChI=1S/C17H17F3N2O4S2/c18-17(19,20)28(25,26)16-8-2-1-7-15(16)21-12-13-5-3-6-14(11-13)22-9-4-10-27(22,23)24/h1-3,5-8,11,21H,4,9-10,12H2. The molecule has 1 fully saturated rings. The minimum absolute atomic E-state index is 0.0200. The largest absolute Gasteiger partial charge is 0.501 e. The van der Waals surface area contributed by atoms with E-state index in [-0.39, 0.29) is 18.0 Å². The Morgan fingerprint density at radius 1 is 1.07 bits per heavy atom. The molecule has 1 heterocycles. The summed E-state index contributed by atoms with van der Waals surface area (Å²) >= 11 is 0. The fourth-order valence-electron chi connectivity index (χ4n) is 2.92. The molecule has 152 valence electrons. The Kier molecular flexibility index (Phi) is 5.32. The van der Waals surface area contributed by atoms with E-state index >= 15 is 0 Å². The van der Waals surface area contributed by atoms with Crippen LogP contribution in [-0.4, -0.2) is 34.6 Å². The average molecular weight is 434 g/mol. The number of rotatable bonds is 5. The van der Waals surface area contributed by atoms with Gasteiger partial charge in [-0.25, -0.2) is 16.8 Å². The first-order valence-corrected chi connectivity index (χ1v) is 11.4. The molecule has 1 aliphatic heterocycles. The lowest BCUT2D eigenvalue weighted by molar-refractivity contribution is -0.0435. The number of nitrogens with zero attached hydrogens (tertiary/aromatic N) is 1. The number of hydrogen-bond acceptors (Lipinski definition) is 5. The molecular formula is C17H17F3N2O4S2. The molecule has 1 N–H and O–H groups in total. The number of anilines is 2. The number of halogens is 3. The first kappa shape index (κ1) is 20.5. The topological polar surface area (TPSA) is 83.6 Å². The molecular weight excluding hydrogens is 417 g/mol. The van der Waals surface area contributed by atoms with Crippen LogP contribution in [0.4, 0.5) is 24.5 Å². The zero-order valence-corrected chi connectivity index (χ0v) is 16.1. The lowest BCUT2D eigenvalue weighted by Gasteiger charge is -2.18. The molecule has 2 aromatic carbocycles. The Bertz CT molecular complexity index is 1080. The van der Waals surface area contributed by atoms with Crippen molar-refractivity contribution in [2.24, 2.45) is 0 Å². The van der Waals surface area contributed by atoms with Crippen molar-refractivity contribution in [3.63, 3.8) is 0 Å². The second kappa shape index (κ2) is 7.28. The summed E-state index contributed by atoms with van der Waals surface area (Å²) in [5.74, 6) is 0.0676. The van der Waals surface area contributed by atoms with Crippen molar-refractivity contribution >= 4 is 31.2 Å². The van der Waals surface area contributed by atoms with Crippen LogP contribution in [0.3, 0.4) is 0 Å². The molecule has 1 aliphatic rings. The molecule has 0 bridgehead atoms. The lowest BCUT2D eigenvalue weighted by atomic mass is 10.2. The first-order valence-electron chi connectivity index (χ1n) is 8.26. The van der Waals surface area contributed by atoms with Crippen LogP contribution in [0.1, 0.15) is 12.0 Å². The summed E-state index contributed by atoms with van der Waals surface area (Å²) in [5.41, 5.74) is -4.53. The van der Waals surface area contributed by atoms with E-state index in [1.807, 2.05) is 0 Å². The molecule has 6 nitrogen and oxygen atoms in total. The predicted octanol–water partition coefficient (Wildman–Crippen LogP) is 3.13. The third-order valence-electron chi connectivity index (χ3n) is 4.26. The Hall–Kier alpha value is -2.27. The summed E-state index contributed by atoms with van der Waals surface area (Å²) in [6.07, 6.45) is 0.521. The van der Waals surface area contributed by atoms with Crippen molar-refractivity contribution < 1.29 is 30.0 Å². The van der Waals surface area contributed by atoms with Crippen LogP contribution in [0.5, 0.6) is 0 Å². The molecule has 0 saturated carbocycles. The molecule has 3 rings (SSSR count). The zero-order chi connectivity index (χ0) is 20.6. The van der Waals surface area contributed by atoms with Crippen LogP contribution >= 0.6 is 0 Å². The van der Waals surface area contributed by atoms with E-state index in [1.165, 1.54) is 22.5 Å². The molecule has 2 aromatic rings. The second-order valence-corrected chi connectivity index (χ2v) is 10.1. The van der Waals surface area contributed by atoms with E-state index in [2.05, 4.69) is 5.32 Å². The van der Waals surface area contributed by atoms with Gasteiger partial charge < -0.3 is 5.32 Å². The van der Waals surface area contributed by atoms with Crippen LogP contribution in [0.2, 0.25) is 0 Å². The van der Waals surface area contributed by atoms with Crippen molar-refractivity contribution in [2.75, 3.05) is 21.9 Å². The summed E-state index contributed by atoms with van der Waals surface area (Å²) in [5, 5.41) is 2.70. The second-order valence-electron chi connectivity index (χ2n) is 6.21. The molecule has 0 unspecified atom stereocenters. The normalized spacial score (nSPS) is 16.9. The number of hydrogen-bond donors (Lipinski definition) is 1. The Labute approximate surface area is 160 Å². The third kappa shape index (κ3) is 3.95. The summed E-state index contributed by atoms with van der Waals surface area (Å²) in [6.45, 7) is 0.387. The van der Waals surface area contributed by atoms with Gasteiger partial charge >= 0.3 is 5.51 Å².